The molecule has 1 atom stereocenters. The Hall–Kier alpha value is -1.26. The standard InChI is InChI=1S/C12H15ClN2O2/c13-10-3-1-9(2-4-10)7-14-12(16)15-11-5-6-17-8-11/h1-4,11H,5-8H2,(H2,14,15,16). The molecule has 0 aromatic heterocycles. The van der Waals surface area contributed by atoms with Crippen molar-refractivity contribution in [3.8, 4) is 0 Å². The van der Waals surface area contributed by atoms with Crippen LogP contribution < -0.4 is 10.6 Å². The summed E-state index contributed by atoms with van der Waals surface area (Å²) in [6.45, 7) is 1.83. The Kier molecular flexibility index (Phi) is 4.23. The van der Waals surface area contributed by atoms with Crippen molar-refractivity contribution in [1.29, 1.82) is 0 Å². The van der Waals surface area contributed by atoms with E-state index < -0.39 is 0 Å². The number of hydrogen-bond donors (Lipinski definition) is 2. The number of urea groups is 1. The highest BCUT2D eigenvalue weighted by Crippen LogP contribution is 2.09. The quantitative estimate of drug-likeness (QED) is 0.866. The summed E-state index contributed by atoms with van der Waals surface area (Å²) in [5, 5.41) is 6.35. The van der Waals surface area contributed by atoms with Gasteiger partial charge in [0.15, 0.2) is 0 Å². The molecule has 1 saturated heterocycles. The molecule has 0 bridgehead atoms. The van der Waals surface area contributed by atoms with Gasteiger partial charge in [0.2, 0.25) is 0 Å². The third kappa shape index (κ3) is 3.91. The lowest BCUT2D eigenvalue weighted by Gasteiger charge is -2.11. The van der Waals surface area contributed by atoms with Crippen molar-refractivity contribution >= 4 is 17.6 Å². The second-order valence-corrected chi connectivity index (χ2v) is 4.45. The minimum Gasteiger partial charge on any atom is -0.379 e. The zero-order valence-corrected chi connectivity index (χ0v) is 10.2. The van der Waals surface area contributed by atoms with E-state index in [1.807, 2.05) is 12.1 Å². The van der Waals surface area contributed by atoms with E-state index >= 15 is 0 Å². The van der Waals surface area contributed by atoms with Crippen molar-refractivity contribution in [2.45, 2.75) is 19.0 Å². The van der Waals surface area contributed by atoms with E-state index in [4.69, 9.17) is 16.3 Å². The van der Waals surface area contributed by atoms with Crippen LogP contribution in [0.2, 0.25) is 5.02 Å². The van der Waals surface area contributed by atoms with Crippen LogP contribution in [-0.4, -0.2) is 25.3 Å². The van der Waals surface area contributed by atoms with E-state index in [1.54, 1.807) is 12.1 Å². The Morgan fingerprint density at radius 1 is 1.41 bits per heavy atom. The Balaban J connectivity index is 1.73. The minimum absolute atomic E-state index is 0.139. The number of amides is 2. The molecule has 0 saturated carbocycles. The number of carbonyl (C=O) groups excluding carboxylic acids is 1. The lowest BCUT2D eigenvalue weighted by molar-refractivity contribution is 0.188. The van der Waals surface area contributed by atoms with E-state index in [1.165, 1.54) is 0 Å². The Labute approximate surface area is 105 Å². The van der Waals surface area contributed by atoms with Gasteiger partial charge >= 0.3 is 6.03 Å². The average molecular weight is 255 g/mol. The van der Waals surface area contributed by atoms with Crippen LogP contribution in [0.25, 0.3) is 0 Å². The maximum Gasteiger partial charge on any atom is 0.315 e. The summed E-state index contributed by atoms with van der Waals surface area (Å²) in [4.78, 5) is 11.5. The maximum absolute atomic E-state index is 11.5. The van der Waals surface area contributed by atoms with Crippen molar-refractivity contribution < 1.29 is 9.53 Å². The van der Waals surface area contributed by atoms with Crippen LogP contribution >= 0.6 is 11.6 Å². The predicted octanol–water partition coefficient (Wildman–Crippen LogP) is 1.93. The van der Waals surface area contributed by atoms with Crippen LogP contribution in [0.5, 0.6) is 0 Å². The van der Waals surface area contributed by atoms with Gasteiger partial charge in [-0.2, -0.15) is 0 Å². The van der Waals surface area contributed by atoms with E-state index in [0.29, 0.717) is 18.2 Å². The molecule has 0 spiro atoms. The number of nitrogens with one attached hydrogen (secondary N) is 2. The van der Waals surface area contributed by atoms with Crippen molar-refractivity contribution in [1.82, 2.24) is 10.6 Å². The highest BCUT2D eigenvalue weighted by atomic mass is 35.5. The number of hydrogen-bond acceptors (Lipinski definition) is 2. The smallest absolute Gasteiger partial charge is 0.315 e. The van der Waals surface area contributed by atoms with Crippen molar-refractivity contribution in [2.75, 3.05) is 13.2 Å². The van der Waals surface area contributed by atoms with Crippen molar-refractivity contribution in [3.05, 3.63) is 34.9 Å². The molecular weight excluding hydrogens is 240 g/mol. The van der Waals surface area contributed by atoms with Gasteiger partial charge in [-0.25, -0.2) is 4.79 Å². The summed E-state index contributed by atoms with van der Waals surface area (Å²) in [6.07, 6.45) is 0.883. The molecule has 1 heterocycles. The van der Waals surface area contributed by atoms with Gasteiger partial charge in [-0.3, -0.25) is 0 Å². The fourth-order valence-corrected chi connectivity index (χ4v) is 1.80. The lowest BCUT2D eigenvalue weighted by atomic mass is 10.2. The topological polar surface area (TPSA) is 50.4 Å². The molecule has 1 aromatic carbocycles. The van der Waals surface area contributed by atoms with E-state index in [9.17, 15) is 4.79 Å². The molecule has 2 amide bonds. The number of halogens is 1. The summed E-state index contributed by atoms with van der Waals surface area (Å²) in [5.74, 6) is 0. The lowest BCUT2D eigenvalue weighted by Crippen LogP contribution is -2.42. The van der Waals surface area contributed by atoms with E-state index in [2.05, 4.69) is 10.6 Å². The van der Waals surface area contributed by atoms with Gasteiger partial charge in [-0.15, -0.1) is 0 Å². The van der Waals surface area contributed by atoms with Crippen LogP contribution in [0.15, 0.2) is 24.3 Å². The molecule has 5 heteroatoms. The van der Waals surface area contributed by atoms with Gasteiger partial charge in [-0.1, -0.05) is 23.7 Å². The molecule has 1 fully saturated rings. The molecule has 0 radical (unpaired) electrons. The summed E-state index contributed by atoms with van der Waals surface area (Å²) < 4.78 is 5.18. The Morgan fingerprint density at radius 3 is 2.82 bits per heavy atom. The molecule has 17 heavy (non-hydrogen) atoms. The number of rotatable bonds is 3. The fourth-order valence-electron chi connectivity index (χ4n) is 1.67. The molecule has 2 N–H and O–H groups in total. The summed E-state index contributed by atoms with van der Waals surface area (Å²) in [7, 11) is 0. The third-order valence-electron chi connectivity index (χ3n) is 2.63. The molecule has 1 unspecified atom stereocenters. The normalized spacial score (nSPS) is 19.0. The zero-order valence-electron chi connectivity index (χ0n) is 9.41. The predicted molar refractivity (Wildman–Crippen MR) is 66.0 cm³/mol. The van der Waals surface area contributed by atoms with Gasteiger partial charge < -0.3 is 15.4 Å². The largest absolute Gasteiger partial charge is 0.379 e. The highest BCUT2D eigenvalue weighted by molar-refractivity contribution is 6.30. The van der Waals surface area contributed by atoms with E-state index in [0.717, 1.165) is 18.6 Å². The average Bonchev–Trinajstić information content (AvgIpc) is 2.81. The molecular formula is C12H15ClN2O2. The fraction of sp³-hybridized carbons (Fsp3) is 0.417. The molecule has 92 valence electrons. The molecule has 1 aromatic rings. The Morgan fingerprint density at radius 2 is 2.18 bits per heavy atom. The number of carbonyl (C=O) groups is 1. The van der Waals surface area contributed by atoms with Crippen LogP contribution in [-0.2, 0) is 11.3 Å². The van der Waals surface area contributed by atoms with Gasteiger partial charge in [-0.05, 0) is 24.1 Å². The van der Waals surface area contributed by atoms with Gasteiger partial charge in [0, 0.05) is 18.2 Å². The molecule has 0 aliphatic carbocycles. The minimum atomic E-state index is -0.157. The Bertz CT molecular complexity index is 375. The third-order valence-corrected chi connectivity index (χ3v) is 2.88. The second kappa shape index (κ2) is 5.89. The second-order valence-electron chi connectivity index (χ2n) is 4.01. The maximum atomic E-state index is 11.5. The molecule has 1 aliphatic heterocycles. The van der Waals surface area contributed by atoms with E-state index in [-0.39, 0.29) is 12.1 Å². The van der Waals surface area contributed by atoms with Crippen LogP contribution in [0.3, 0.4) is 0 Å². The first-order valence-electron chi connectivity index (χ1n) is 5.60. The summed E-state index contributed by atoms with van der Waals surface area (Å²) >= 11 is 5.77. The van der Waals surface area contributed by atoms with Gasteiger partial charge in [0.1, 0.15) is 0 Å². The first-order valence-corrected chi connectivity index (χ1v) is 5.98. The number of ether oxygens (including phenoxy) is 1. The molecule has 4 nitrogen and oxygen atoms in total. The molecule has 1 aliphatic rings. The highest BCUT2D eigenvalue weighted by Gasteiger charge is 2.17. The first kappa shape index (κ1) is 12.2. The SMILES string of the molecule is O=C(NCc1ccc(Cl)cc1)NC1CCOC1. The van der Waals surface area contributed by atoms with Crippen LogP contribution in [0.4, 0.5) is 4.79 Å². The van der Waals surface area contributed by atoms with Gasteiger partial charge in [0.05, 0.1) is 12.6 Å². The van der Waals surface area contributed by atoms with Crippen molar-refractivity contribution in [3.63, 3.8) is 0 Å². The molecule has 2 rings (SSSR count). The summed E-state index contributed by atoms with van der Waals surface area (Å²) in [6, 6.07) is 7.38. The zero-order chi connectivity index (χ0) is 12.1. The van der Waals surface area contributed by atoms with Crippen LogP contribution in [0.1, 0.15) is 12.0 Å². The van der Waals surface area contributed by atoms with Crippen LogP contribution in [0, 0.1) is 0 Å². The first-order chi connectivity index (χ1) is 8.24. The summed E-state index contributed by atoms with van der Waals surface area (Å²) in [5.41, 5.74) is 1.02. The van der Waals surface area contributed by atoms with Gasteiger partial charge in [0.25, 0.3) is 0 Å². The van der Waals surface area contributed by atoms with Crippen molar-refractivity contribution in [2.24, 2.45) is 0 Å². The monoisotopic (exact) mass is 254 g/mol. The number of benzene rings is 1.